The molecule has 0 saturated heterocycles. The lowest BCUT2D eigenvalue weighted by atomic mass is 10.1. The monoisotopic (exact) mass is 341 g/mol. The minimum absolute atomic E-state index is 0.0460. The maximum atomic E-state index is 12.9. The maximum Gasteiger partial charge on any atom is 0.396 e. The molecule has 2 aromatic rings. The Kier molecular flexibility index (Phi) is 5.40. The smallest absolute Gasteiger partial charge is 0.396 e. The van der Waals surface area contributed by atoms with E-state index in [2.05, 4.69) is 4.98 Å². The second kappa shape index (κ2) is 7.31. The van der Waals surface area contributed by atoms with E-state index in [1.807, 2.05) is 0 Å². The Bertz CT molecular complexity index is 664. The molecule has 0 spiro atoms. The highest BCUT2D eigenvalue weighted by molar-refractivity contribution is 5.76. The number of ether oxygens (including phenoxy) is 2. The van der Waals surface area contributed by atoms with E-state index in [1.54, 1.807) is 18.2 Å². The fourth-order valence-electron chi connectivity index (χ4n) is 1.92. The Hall–Kier alpha value is -2.61. The fourth-order valence-corrected chi connectivity index (χ4v) is 1.92. The standard InChI is InChI=1S/C16H14F3NO4/c17-16(18,19)11-15(14(21)22,24-13-6-2-1-3-7-13)23-10-12-5-4-8-20-9-12/h1-9H,10-11H2,(H,21,22). The molecule has 128 valence electrons. The first-order chi connectivity index (χ1) is 11.3. The van der Waals surface area contributed by atoms with Gasteiger partial charge in [-0.05, 0) is 23.8 Å². The number of carbonyl (C=O) groups is 1. The number of halogens is 3. The number of para-hydroxylation sites is 1. The van der Waals surface area contributed by atoms with Crippen LogP contribution >= 0.6 is 0 Å². The van der Waals surface area contributed by atoms with Crippen LogP contribution in [0.2, 0.25) is 0 Å². The first-order valence-electron chi connectivity index (χ1n) is 6.88. The first-order valence-corrected chi connectivity index (χ1v) is 6.88. The molecule has 1 N–H and O–H groups in total. The van der Waals surface area contributed by atoms with Gasteiger partial charge in [-0.25, -0.2) is 4.79 Å². The number of carboxylic acids is 1. The zero-order valence-electron chi connectivity index (χ0n) is 12.4. The van der Waals surface area contributed by atoms with Gasteiger partial charge in [-0.15, -0.1) is 0 Å². The number of alkyl halides is 3. The summed E-state index contributed by atoms with van der Waals surface area (Å²) in [6, 6.07) is 10.4. The van der Waals surface area contributed by atoms with Crippen LogP contribution in [0.5, 0.6) is 5.75 Å². The third kappa shape index (κ3) is 4.95. The van der Waals surface area contributed by atoms with E-state index in [4.69, 9.17) is 9.47 Å². The van der Waals surface area contributed by atoms with E-state index in [9.17, 15) is 23.1 Å². The van der Waals surface area contributed by atoms with Crippen molar-refractivity contribution in [1.29, 1.82) is 0 Å². The Labute approximate surface area is 135 Å². The van der Waals surface area contributed by atoms with Crippen molar-refractivity contribution in [1.82, 2.24) is 4.98 Å². The molecule has 0 fully saturated rings. The second-order valence-corrected chi connectivity index (χ2v) is 4.92. The van der Waals surface area contributed by atoms with E-state index in [-0.39, 0.29) is 5.75 Å². The number of rotatable bonds is 7. The minimum Gasteiger partial charge on any atom is -0.476 e. The predicted molar refractivity (Wildman–Crippen MR) is 77.1 cm³/mol. The van der Waals surface area contributed by atoms with Crippen molar-refractivity contribution in [3.05, 3.63) is 60.4 Å². The summed E-state index contributed by atoms with van der Waals surface area (Å²) in [6.07, 6.45) is -3.76. The molecule has 1 unspecified atom stereocenters. The number of aromatic nitrogens is 1. The molecule has 0 amide bonds. The molecular formula is C16H14F3NO4. The van der Waals surface area contributed by atoms with Crippen molar-refractivity contribution >= 4 is 5.97 Å². The normalized spacial score (nSPS) is 14.0. The van der Waals surface area contributed by atoms with E-state index in [0.717, 1.165) is 0 Å². The number of nitrogens with zero attached hydrogens (tertiary/aromatic N) is 1. The number of hydrogen-bond donors (Lipinski definition) is 1. The third-order valence-electron chi connectivity index (χ3n) is 2.98. The largest absolute Gasteiger partial charge is 0.476 e. The van der Waals surface area contributed by atoms with Gasteiger partial charge < -0.3 is 14.6 Å². The summed E-state index contributed by atoms with van der Waals surface area (Å²) in [5.74, 6) is -4.81. The van der Waals surface area contributed by atoms with Gasteiger partial charge in [0.25, 0.3) is 0 Å². The Morgan fingerprint density at radius 1 is 1.12 bits per heavy atom. The number of carboxylic acid groups (broad SMARTS) is 1. The summed E-state index contributed by atoms with van der Waals surface area (Å²) < 4.78 is 48.9. The summed E-state index contributed by atoms with van der Waals surface area (Å²) in [4.78, 5) is 15.4. The average Bonchev–Trinajstić information content (AvgIpc) is 2.53. The molecule has 0 radical (unpaired) electrons. The fraction of sp³-hybridized carbons (Fsp3) is 0.250. The maximum absolute atomic E-state index is 12.9. The van der Waals surface area contributed by atoms with Crippen molar-refractivity contribution in [2.24, 2.45) is 0 Å². The third-order valence-corrected chi connectivity index (χ3v) is 2.98. The van der Waals surface area contributed by atoms with Crippen LogP contribution in [0.15, 0.2) is 54.9 Å². The Morgan fingerprint density at radius 3 is 2.38 bits per heavy atom. The first kappa shape index (κ1) is 17.7. The van der Waals surface area contributed by atoms with Crippen molar-refractivity contribution in [2.75, 3.05) is 0 Å². The molecule has 8 heteroatoms. The summed E-state index contributed by atoms with van der Waals surface area (Å²) in [5.41, 5.74) is 0.418. The van der Waals surface area contributed by atoms with Crippen LogP contribution in [0, 0.1) is 0 Å². The van der Waals surface area contributed by atoms with Crippen LogP contribution in [0.4, 0.5) is 13.2 Å². The number of hydrogen-bond acceptors (Lipinski definition) is 4. The molecule has 0 aliphatic heterocycles. The van der Waals surface area contributed by atoms with E-state index >= 15 is 0 Å². The summed E-state index contributed by atoms with van der Waals surface area (Å²) >= 11 is 0. The van der Waals surface area contributed by atoms with Gasteiger partial charge in [0.2, 0.25) is 0 Å². The molecule has 1 atom stereocenters. The topological polar surface area (TPSA) is 68.7 Å². The second-order valence-electron chi connectivity index (χ2n) is 4.92. The number of benzene rings is 1. The van der Waals surface area contributed by atoms with Gasteiger partial charge in [0.15, 0.2) is 0 Å². The quantitative estimate of drug-likeness (QED) is 0.782. The number of pyridine rings is 1. The van der Waals surface area contributed by atoms with Crippen LogP contribution in [0.3, 0.4) is 0 Å². The molecule has 5 nitrogen and oxygen atoms in total. The van der Waals surface area contributed by atoms with Crippen molar-refractivity contribution in [3.8, 4) is 5.75 Å². The van der Waals surface area contributed by atoms with Crippen LogP contribution in [0.1, 0.15) is 12.0 Å². The highest BCUT2D eigenvalue weighted by Gasteiger charge is 2.52. The lowest BCUT2D eigenvalue weighted by molar-refractivity contribution is -0.260. The molecule has 1 heterocycles. The van der Waals surface area contributed by atoms with Gasteiger partial charge in [-0.2, -0.15) is 13.2 Å². The van der Waals surface area contributed by atoms with Gasteiger partial charge >= 0.3 is 17.9 Å². The van der Waals surface area contributed by atoms with Gasteiger partial charge in [-0.1, -0.05) is 24.3 Å². The van der Waals surface area contributed by atoms with Gasteiger partial charge in [0.05, 0.1) is 6.61 Å². The Balaban J connectivity index is 2.28. The molecule has 0 aliphatic rings. The molecule has 0 aliphatic carbocycles. The van der Waals surface area contributed by atoms with Crippen LogP contribution in [-0.4, -0.2) is 28.0 Å². The SMILES string of the molecule is O=C(O)C(CC(F)(F)F)(OCc1cccnc1)Oc1ccccc1. The molecule has 0 bridgehead atoms. The number of aliphatic carboxylic acids is 1. The van der Waals surface area contributed by atoms with Gasteiger partial charge in [-0.3, -0.25) is 4.98 Å². The van der Waals surface area contributed by atoms with Crippen LogP contribution in [-0.2, 0) is 16.1 Å². The average molecular weight is 341 g/mol. The molecule has 0 saturated carbocycles. The van der Waals surface area contributed by atoms with Gasteiger partial charge in [0, 0.05) is 12.4 Å². The van der Waals surface area contributed by atoms with Crippen LogP contribution < -0.4 is 4.74 Å². The molecule has 1 aromatic carbocycles. The lowest BCUT2D eigenvalue weighted by Gasteiger charge is -2.30. The highest BCUT2D eigenvalue weighted by Crippen LogP contribution is 2.33. The van der Waals surface area contributed by atoms with Crippen molar-refractivity contribution in [2.45, 2.75) is 25.0 Å². The molecule has 2 rings (SSSR count). The van der Waals surface area contributed by atoms with E-state index < -0.39 is 31.0 Å². The van der Waals surface area contributed by atoms with Gasteiger partial charge in [0.1, 0.15) is 12.2 Å². The van der Waals surface area contributed by atoms with Crippen molar-refractivity contribution in [3.63, 3.8) is 0 Å². The van der Waals surface area contributed by atoms with Crippen LogP contribution in [0.25, 0.3) is 0 Å². The highest BCUT2D eigenvalue weighted by atomic mass is 19.4. The molecular weight excluding hydrogens is 327 g/mol. The summed E-state index contributed by atoms with van der Waals surface area (Å²) in [5, 5.41) is 9.36. The summed E-state index contributed by atoms with van der Waals surface area (Å²) in [6.45, 7) is -0.400. The molecule has 1 aromatic heterocycles. The zero-order valence-corrected chi connectivity index (χ0v) is 12.4. The minimum atomic E-state index is -4.80. The lowest BCUT2D eigenvalue weighted by Crippen LogP contribution is -2.50. The van der Waals surface area contributed by atoms with Crippen molar-refractivity contribution < 1.29 is 32.5 Å². The molecule has 24 heavy (non-hydrogen) atoms. The van der Waals surface area contributed by atoms with E-state index in [1.165, 1.54) is 36.7 Å². The Morgan fingerprint density at radius 2 is 1.83 bits per heavy atom. The van der Waals surface area contributed by atoms with E-state index in [0.29, 0.717) is 5.56 Å². The predicted octanol–water partition coefficient (Wildman–Crippen LogP) is 3.41. The zero-order chi connectivity index (χ0) is 17.6. The summed E-state index contributed by atoms with van der Waals surface area (Å²) in [7, 11) is 0.